The minimum Gasteiger partial charge on any atom is -0.396 e. The second-order valence-electron chi connectivity index (χ2n) is 3.47. The molecule has 0 aromatic heterocycles. The van der Waals surface area contributed by atoms with E-state index in [0.717, 1.165) is 13.0 Å². The van der Waals surface area contributed by atoms with Gasteiger partial charge in [0.2, 0.25) is 0 Å². The highest BCUT2D eigenvalue weighted by Gasteiger charge is 2.33. The zero-order chi connectivity index (χ0) is 13.4. The maximum Gasteiger partial charge on any atom is 0.337 e. The number of ketones is 1. The summed E-state index contributed by atoms with van der Waals surface area (Å²) in [6.07, 6.45) is -0.175. The van der Waals surface area contributed by atoms with Crippen LogP contribution in [-0.4, -0.2) is 40.6 Å². The lowest BCUT2D eigenvalue weighted by Crippen LogP contribution is -2.36. The molecule has 0 aromatic carbocycles. The summed E-state index contributed by atoms with van der Waals surface area (Å²) in [6.45, 7) is 4.06. The number of aliphatic hydroxyl groups excluding tert-OH is 2. The summed E-state index contributed by atoms with van der Waals surface area (Å²) in [5, 5.41) is 18.2. The second-order valence-corrected chi connectivity index (χ2v) is 3.47. The van der Waals surface area contributed by atoms with Gasteiger partial charge in [-0.15, -0.1) is 0 Å². The zero-order valence-electron chi connectivity index (χ0n) is 9.59. The first-order chi connectivity index (χ1) is 7.93. The van der Waals surface area contributed by atoms with Crippen LogP contribution in [0.2, 0.25) is 0 Å². The van der Waals surface area contributed by atoms with Crippen molar-refractivity contribution in [3.8, 4) is 0 Å². The van der Waals surface area contributed by atoms with Crippen LogP contribution in [0.4, 0.5) is 0 Å². The number of aliphatic hydroxyl groups is 2. The first kappa shape index (κ1) is 15.5. The summed E-state index contributed by atoms with van der Waals surface area (Å²) in [4.78, 5) is 33.4. The minimum atomic E-state index is -1.41. The molecule has 0 bridgehead atoms. The van der Waals surface area contributed by atoms with Gasteiger partial charge in [-0.25, -0.2) is 4.79 Å². The number of Topliss-reactive ketones (excluding diaryl/α,β-unsaturated/α-hetero) is 1. The third-order valence-electron chi connectivity index (χ3n) is 2.10. The van der Waals surface area contributed by atoms with E-state index >= 15 is 0 Å². The topological polar surface area (TPSA) is 101 Å². The molecule has 0 aliphatic carbocycles. The molecule has 0 radical (unpaired) electrons. The molecule has 0 aromatic rings. The second kappa shape index (κ2) is 7.70. The van der Waals surface area contributed by atoms with Crippen LogP contribution < -0.4 is 0 Å². The molecule has 6 nitrogen and oxygen atoms in total. The third kappa shape index (κ3) is 5.37. The quantitative estimate of drug-likeness (QED) is 0.358. The van der Waals surface area contributed by atoms with E-state index in [1.165, 1.54) is 0 Å². The molecule has 0 saturated heterocycles. The Hall–Kier alpha value is -1.53. The van der Waals surface area contributed by atoms with Crippen LogP contribution in [0.3, 0.4) is 0 Å². The molecular formula is C11H16O6. The largest absolute Gasteiger partial charge is 0.396 e. The molecule has 0 rings (SSSR count). The van der Waals surface area contributed by atoms with Crippen LogP contribution in [0.1, 0.15) is 19.8 Å². The van der Waals surface area contributed by atoms with Gasteiger partial charge in [0.25, 0.3) is 0 Å². The molecule has 0 spiro atoms. The van der Waals surface area contributed by atoms with Gasteiger partial charge < -0.3 is 14.9 Å². The van der Waals surface area contributed by atoms with Crippen molar-refractivity contribution in [3.05, 3.63) is 12.7 Å². The standard InChI is InChI=1S/C11H16O6/c1-3-9(15)17-11(16)10(7(2)13)8(14)5-4-6-12/h3,8,10,12,14H,1,4-6H2,2H3. The molecule has 2 unspecified atom stereocenters. The van der Waals surface area contributed by atoms with Crippen LogP contribution >= 0.6 is 0 Å². The lowest BCUT2D eigenvalue weighted by Gasteiger charge is -2.17. The molecule has 2 N–H and O–H groups in total. The molecule has 17 heavy (non-hydrogen) atoms. The Labute approximate surface area is 98.9 Å². The summed E-state index contributed by atoms with van der Waals surface area (Å²) >= 11 is 0. The van der Waals surface area contributed by atoms with E-state index in [4.69, 9.17) is 5.11 Å². The highest BCUT2D eigenvalue weighted by Crippen LogP contribution is 2.13. The maximum atomic E-state index is 11.4. The summed E-state index contributed by atoms with van der Waals surface area (Å²) in [6, 6.07) is 0. The first-order valence-electron chi connectivity index (χ1n) is 5.11. The number of carbonyl (C=O) groups is 3. The number of esters is 2. The summed E-state index contributed by atoms with van der Waals surface area (Å²) in [5.74, 6) is -4.09. The Morgan fingerprint density at radius 1 is 1.41 bits per heavy atom. The smallest absolute Gasteiger partial charge is 0.337 e. The van der Waals surface area contributed by atoms with Crippen LogP contribution in [-0.2, 0) is 19.1 Å². The van der Waals surface area contributed by atoms with Crippen LogP contribution in [0.25, 0.3) is 0 Å². The van der Waals surface area contributed by atoms with Crippen molar-refractivity contribution in [1.29, 1.82) is 0 Å². The lowest BCUT2D eigenvalue weighted by molar-refractivity contribution is -0.163. The van der Waals surface area contributed by atoms with Crippen molar-refractivity contribution < 1.29 is 29.3 Å². The molecule has 0 aliphatic rings. The maximum absolute atomic E-state index is 11.4. The molecule has 0 aliphatic heterocycles. The van der Waals surface area contributed by atoms with E-state index in [0.29, 0.717) is 0 Å². The monoisotopic (exact) mass is 244 g/mol. The number of hydrogen-bond acceptors (Lipinski definition) is 6. The van der Waals surface area contributed by atoms with Gasteiger partial charge in [0.15, 0.2) is 0 Å². The Kier molecular flexibility index (Phi) is 7.00. The fourth-order valence-corrected chi connectivity index (χ4v) is 1.27. The van der Waals surface area contributed by atoms with E-state index in [1.54, 1.807) is 0 Å². The van der Waals surface area contributed by atoms with Gasteiger partial charge in [-0.1, -0.05) is 6.58 Å². The van der Waals surface area contributed by atoms with Gasteiger partial charge in [0.05, 0.1) is 6.10 Å². The SMILES string of the molecule is C=CC(=O)OC(=O)C(C(C)=O)C(O)CCCO. The van der Waals surface area contributed by atoms with Crippen molar-refractivity contribution in [1.82, 2.24) is 0 Å². The molecule has 0 saturated carbocycles. The highest BCUT2D eigenvalue weighted by molar-refractivity contribution is 6.03. The first-order valence-corrected chi connectivity index (χ1v) is 5.11. The Balaban J connectivity index is 4.61. The van der Waals surface area contributed by atoms with Gasteiger partial charge in [-0.2, -0.15) is 0 Å². The average molecular weight is 244 g/mol. The van der Waals surface area contributed by atoms with E-state index in [-0.39, 0.29) is 19.4 Å². The normalized spacial score (nSPS) is 13.6. The van der Waals surface area contributed by atoms with Gasteiger partial charge in [-0.3, -0.25) is 9.59 Å². The highest BCUT2D eigenvalue weighted by atomic mass is 16.6. The van der Waals surface area contributed by atoms with Gasteiger partial charge in [-0.05, 0) is 19.8 Å². The number of rotatable bonds is 7. The van der Waals surface area contributed by atoms with Gasteiger partial charge in [0, 0.05) is 12.7 Å². The molecule has 96 valence electrons. The van der Waals surface area contributed by atoms with Crippen molar-refractivity contribution in [2.45, 2.75) is 25.9 Å². The van der Waals surface area contributed by atoms with E-state index in [9.17, 15) is 19.5 Å². The van der Waals surface area contributed by atoms with Crippen LogP contribution in [0, 0.1) is 5.92 Å². The predicted octanol–water partition coefficient (Wildman–Crippen LogP) is -0.419. The molecule has 0 heterocycles. The Morgan fingerprint density at radius 2 is 2.00 bits per heavy atom. The lowest BCUT2D eigenvalue weighted by atomic mass is 9.95. The summed E-state index contributed by atoms with van der Waals surface area (Å²) < 4.78 is 4.28. The Morgan fingerprint density at radius 3 is 2.41 bits per heavy atom. The van der Waals surface area contributed by atoms with E-state index < -0.39 is 29.7 Å². The molecular weight excluding hydrogens is 228 g/mol. The summed E-state index contributed by atoms with van der Waals surface area (Å²) in [7, 11) is 0. The molecule has 0 amide bonds. The minimum absolute atomic E-state index is 0.0676. The number of carbonyl (C=O) groups excluding carboxylic acids is 3. The van der Waals surface area contributed by atoms with E-state index in [2.05, 4.69) is 11.3 Å². The fraction of sp³-hybridized carbons (Fsp3) is 0.545. The van der Waals surface area contributed by atoms with E-state index in [1.807, 2.05) is 0 Å². The van der Waals surface area contributed by atoms with Crippen molar-refractivity contribution in [2.75, 3.05) is 6.61 Å². The van der Waals surface area contributed by atoms with Crippen molar-refractivity contribution >= 4 is 17.7 Å². The predicted molar refractivity (Wildman–Crippen MR) is 57.8 cm³/mol. The number of hydrogen-bond donors (Lipinski definition) is 2. The van der Waals surface area contributed by atoms with Gasteiger partial charge >= 0.3 is 11.9 Å². The van der Waals surface area contributed by atoms with Crippen molar-refractivity contribution in [3.63, 3.8) is 0 Å². The molecule has 0 fully saturated rings. The van der Waals surface area contributed by atoms with Crippen LogP contribution in [0.5, 0.6) is 0 Å². The molecule has 2 atom stereocenters. The molecule has 6 heteroatoms. The van der Waals surface area contributed by atoms with Crippen molar-refractivity contribution in [2.24, 2.45) is 5.92 Å². The Bertz CT molecular complexity index is 309. The number of ether oxygens (including phenoxy) is 1. The van der Waals surface area contributed by atoms with Gasteiger partial charge in [0.1, 0.15) is 11.7 Å². The summed E-state index contributed by atoms with van der Waals surface area (Å²) in [5.41, 5.74) is 0. The zero-order valence-corrected chi connectivity index (χ0v) is 9.59. The average Bonchev–Trinajstić information content (AvgIpc) is 2.25. The van der Waals surface area contributed by atoms with Crippen LogP contribution in [0.15, 0.2) is 12.7 Å². The third-order valence-corrected chi connectivity index (χ3v) is 2.10. The fourth-order valence-electron chi connectivity index (χ4n) is 1.27.